The minimum absolute atomic E-state index is 0.0510. The number of aliphatic hydroxyl groups is 1. The number of aromatic nitrogens is 3. The Kier molecular flexibility index (Phi) is 6.89. The monoisotopic (exact) mass is 522 g/mol. The van der Waals surface area contributed by atoms with Crippen LogP contribution in [0.25, 0.3) is 11.1 Å². The van der Waals surface area contributed by atoms with E-state index in [1.165, 1.54) is 18.3 Å². The molecule has 1 fully saturated rings. The van der Waals surface area contributed by atoms with Crippen molar-refractivity contribution in [3.8, 4) is 11.1 Å². The van der Waals surface area contributed by atoms with Gasteiger partial charge in [-0.1, -0.05) is 6.07 Å². The first kappa shape index (κ1) is 26.4. The number of hydrogen-bond donors (Lipinski definition) is 3. The van der Waals surface area contributed by atoms with Gasteiger partial charge in [-0.15, -0.1) is 0 Å². The van der Waals surface area contributed by atoms with Crippen LogP contribution in [0.1, 0.15) is 56.0 Å². The summed E-state index contributed by atoms with van der Waals surface area (Å²) in [5, 5.41) is 23.0. The second kappa shape index (κ2) is 9.66. The summed E-state index contributed by atoms with van der Waals surface area (Å²) >= 11 is 0. The van der Waals surface area contributed by atoms with E-state index >= 15 is 0 Å². The summed E-state index contributed by atoms with van der Waals surface area (Å²) in [7, 11) is 0. The number of anilines is 2. The first-order chi connectivity index (χ1) is 17.3. The van der Waals surface area contributed by atoms with Crippen molar-refractivity contribution in [3.63, 3.8) is 0 Å². The van der Waals surface area contributed by atoms with Crippen LogP contribution >= 0.6 is 0 Å². The van der Waals surface area contributed by atoms with Crippen LogP contribution in [0.5, 0.6) is 0 Å². The molecule has 7 nitrogen and oxygen atoms in total. The van der Waals surface area contributed by atoms with Crippen molar-refractivity contribution in [2.75, 3.05) is 5.32 Å². The summed E-state index contributed by atoms with van der Waals surface area (Å²) in [5.74, 6) is -1.33. The van der Waals surface area contributed by atoms with E-state index < -0.39 is 41.2 Å². The molecule has 3 N–H and O–H groups in total. The van der Waals surface area contributed by atoms with Crippen LogP contribution in [-0.2, 0) is 16.6 Å². The zero-order chi connectivity index (χ0) is 27.0. The minimum atomic E-state index is -4.70. The molecule has 1 aromatic carbocycles. The molecule has 0 amide bonds. The third kappa shape index (κ3) is 5.68. The summed E-state index contributed by atoms with van der Waals surface area (Å²) in [5.41, 5.74) is -2.68. The molecule has 0 bridgehead atoms. The van der Waals surface area contributed by atoms with E-state index in [9.17, 15) is 37.0 Å². The molecular weight excluding hydrogens is 499 g/mol. The summed E-state index contributed by atoms with van der Waals surface area (Å²) < 4.78 is 66.0. The summed E-state index contributed by atoms with van der Waals surface area (Å²) in [4.78, 5) is 22.9. The summed E-state index contributed by atoms with van der Waals surface area (Å²) in [6.45, 7) is 1.64. The molecule has 0 atom stereocenters. The van der Waals surface area contributed by atoms with Crippen LogP contribution < -0.4 is 5.32 Å². The number of hydrogen-bond acceptors (Lipinski definition) is 6. The second-order valence-corrected chi connectivity index (χ2v) is 9.36. The highest BCUT2D eigenvalue weighted by Gasteiger charge is 2.44. The Balaban J connectivity index is 1.60. The first-order valence-corrected chi connectivity index (χ1v) is 11.3. The Hall–Kier alpha value is -3.67. The van der Waals surface area contributed by atoms with Crippen molar-refractivity contribution in [3.05, 3.63) is 65.7 Å². The van der Waals surface area contributed by atoms with Crippen LogP contribution in [-0.4, -0.2) is 31.1 Å². The number of aliphatic carboxylic acids is 1. The quantitative estimate of drug-likeness (QED) is 0.336. The predicted octanol–water partition coefficient (Wildman–Crippen LogP) is 6.09. The molecular formula is C25H23F5N4O3. The highest BCUT2D eigenvalue weighted by molar-refractivity contribution is 5.74. The van der Waals surface area contributed by atoms with Crippen molar-refractivity contribution in [1.82, 2.24) is 15.0 Å². The fourth-order valence-corrected chi connectivity index (χ4v) is 4.25. The number of halogens is 5. The number of nitrogens with zero attached hydrogens (tertiary/aromatic N) is 3. The number of alkyl halides is 5. The number of nitrogens with one attached hydrogen (secondary N) is 1. The second-order valence-electron chi connectivity index (χ2n) is 9.36. The molecule has 1 saturated carbocycles. The van der Waals surface area contributed by atoms with E-state index in [4.69, 9.17) is 0 Å². The van der Waals surface area contributed by atoms with Crippen molar-refractivity contribution in [1.29, 1.82) is 0 Å². The Bertz CT molecular complexity index is 1290. The number of carboxylic acids is 1. The van der Waals surface area contributed by atoms with Crippen molar-refractivity contribution in [2.24, 2.45) is 5.41 Å². The zero-order valence-electron chi connectivity index (χ0n) is 19.6. The lowest BCUT2D eigenvalue weighted by Crippen LogP contribution is -2.40. The maximum Gasteiger partial charge on any atom is 0.433 e. The fraction of sp³-hybridized carbons (Fsp3) is 0.360. The standard InChI is InChI=1S/C25H23F5N4O3/c1-23(21(35)36)5-7-24(37,8-6-23)18-3-2-14(13-32-18)15-10-16(20(26)27)12-17(11-15)33-22-31-9-4-19(34-22)25(28,29)30/h2-4,9-13,20,37H,5-8H2,1H3,(H,35,36)(H,31,33,34)/t23-,24-. The van der Waals surface area contributed by atoms with Gasteiger partial charge in [0.15, 0.2) is 0 Å². The van der Waals surface area contributed by atoms with Gasteiger partial charge in [-0.3, -0.25) is 9.78 Å². The third-order valence-electron chi connectivity index (χ3n) is 6.68. The van der Waals surface area contributed by atoms with Gasteiger partial charge >= 0.3 is 12.1 Å². The lowest BCUT2D eigenvalue weighted by atomic mass is 9.69. The van der Waals surface area contributed by atoms with Crippen LogP contribution in [0.3, 0.4) is 0 Å². The number of carbonyl (C=O) groups is 1. The number of carboxylic acid groups (broad SMARTS) is 1. The molecule has 196 valence electrons. The van der Waals surface area contributed by atoms with Gasteiger partial charge in [-0.05, 0) is 68.5 Å². The Morgan fingerprint density at radius 1 is 1.03 bits per heavy atom. The topological polar surface area (TPSA) is 108 Å². The van der Waals surface area contributed by atoms with E-state index in [0.29, 0.717) is 22.9 Å². The number of pyridine rings is 1. The highest BCUT2D eigenvalue weighted by atomic mass is 19.4. The van der Waals surface area contributed by atoms with Gasteiger partial charge in [-0.2, -0.15) is 13.2 Å². The molecule has 0 unspecified atom stereocenters. The maximum absolute atomic E-state index is 13.6. The molecule has 1 aliphatic carbocycles. The van der Waals surface area contributed by atoms with Gasteiger partial charge in [0.1, 0.15) is 11.3 Å². The van der Waals surface area contributed by atoms with Gasteiger partial charge in [0.2, 0.25) is 5.95 Å². The smallest absolute Gasteiger partial charge is 0.433 e. The Morgan fingerprint density at radius 3 is 2.30 bits per heavy atom. The average molecular weight is 522 g/mol. The number of rotatable bonds is 6. The van der Waals surface area contributed by atoms with E-state index in [-0.39, 0.29) is 36.9 Å². The van der Waals surface area contributed by atoms with Crippen LogP contribution in [0, 0.1) is 5.41 Å². The molecule has 12 heteroatoms. The summed E-state index contributed by atoms with van der Waals surface area (Å²) in [6.07, 6.45) is -4.31. The van der Waals surface area contributed by atoms with Gasteiger partial charge in [0.05, 0.1) is 11.1 Å². The van der Waals surface area contributed by atoms with Crippen LogP contribution in [0.15, 0.2) is 48.8 Å². The molecule has 37 heavy (non-hydrogen) atoms. The molecule has 1 aliphatic rings. The molecule has 3 aromatic rings. The van der Waals surface area contributed by atoms with Crippen molar-refractivity contribution < 1.29 is 37.0 Å². The largest absolute Gasteiger partial charge is 0.481 e. The van der Waals surface area contributed by atoms with Crippen molar-refractivity contribution in [2.45, 2.75) is 50.8 Å². The molecule has 0 aliphatic heterocycles. The number of benzene rings is 1. The lowest BCUT2D eigenvalue weighted by molar-refractivity contribution is -0.153. The van der Waals surface area contributed by atoms with Gasteiger partial charge in [0.25, 0.3) is 6.43 Å². The molecule has 0 radical (unpaired) electrons. The van der Waals surface area contributed by atoms with E-state index in [1.54, 1.807) is 19.1 Å². The zero-order valence-corrected chi connectivity index (χ0v) is 19.6. The SMILES string of the molecule is C[C@]1(C(=O)O)CC[C@@](O)(c2ccc(-c3cc(Nc4nccc(C(F)(F)F)n4)cc(C(F)F)c3)cn2)CC1. The van der Waals surface area contributed by atoms with Gasteiger partial charge in [-0.25, -0.2) is 18.7 Å². The maximum atomic E-state index is 13.6. The van der Waals surface area contributed by atoms with E-state index in [2.05, 4.69) is 20.3 Å². The third-order valence-corrected chi connectivity index (χ3v) is 6.68. The first-order valence-electron chi connectivity index (χ1n) is 11.3. The van der Waals surface area contributed by atoms with Gasteiger partial charge in [0, 0.05) is 29.2 Å². The summed E-state index contributed by atoms with van der Waals surface area (Å²) in [6, 6.07) is 7.59. The molecule has 4 rings (SSSR count). The van der Waals surface area contributed by atoms with E-state index in [0.717, 1.165) is 12.3 Å². The van der Waals surface area contributed by atoms with Crippen molar-refractivity contribution >= 4 is 17.6 Å². The van der Waals surface area contributed by atoms with E-state index in [1.807, 2.05) is 0 Å². The minimum Gasteiger partial charge on any atom is -0.481 e. The van der Waals surface area contributed by atoms with Crippen LogP contribution in [0.2, 0.25) is 0 Å². The lowest BCUT2D eigenvalue weighted by Gasteiger charge is -2.39. The predicted molar refractivity (Wildman–Crippen MR) is 123 cm³/mol. The molecule has 2 aromatic heterocycles. The Morgan fingerprint density at radius 2 is 1.73 bits per heavy atom. The average Bonchev–Trinajstić information content (AvgIpc) is 2.85. The highest BCUT2D eigenvalue weighted by Crippen LogP contribution is 2.45. The normalized spacial score (nSPS) is 22.2. The Labute approximate surface area is 208 Å². The van der Waals surface area contributed by atoms with Gasteiger partial charge < -0.3 is 15.5 Å². The molecule has 0 saturated heterocycles. The fourth-order valence-electron chi connectivity index (χ4n) is 4.25. The molecule has 0 spiro atoms. The molecule has 2 heterocycles. The van der Waals surface area contributed by atoms with Crippen LogP contribution in [0.4, 0.5) is 33.6 Å².